The van der Waals surface area contributed by atoms with Crippen LogP contribution in [-0.4, -0.2) is 34.2 Å². The molecule has 0 spiro atoms. The molecule has 0 bridgehead atoms. The van der Waals surface area contributed by atoms with Crippen molar-refractivity contribution in [2.75, 3.05) is 13.1 Å². The smallest absolute Gasteiger partial charge is 0.317 e. The fourth-order valence-corrected chi connectivity index (χ4v) is 2.16. The third-order valence-electron chi connectivity index (χ3n) is 3.34. The highest BCUT2D eigenvalue weighted by Crippen LogP contribution is 2.31. The van der Waals surface area contributed by atoms with Crippen molar-refractivity contribution in [3.8, 4) is 5.75 Å². The lowest BCUT2D eigenvalue weighted by molar-refractivity contribution is -0.138. The van der Waals surface area contributed by atoms with Gasteiger partial charge in [-0.15, -0.1) is 0 Å². The van der Waals surface area contributed by atoms with Gasteiger partial charge in [-0.3, -0.25) is 9.69 Å². The van der Waals surface area contributed by atoms with E-state index in [0.29, 0.717) is 12.5 Å². The van der Waals surface area contributed by atoms with Crippen molar-refractivity contribution in [1.82, 2.24) is 4.90 Å². The van der Waals surface area contributed by atoms with Gasteiger partial charge in [0.05, 0.1) is 6.54 Å². The zero-order chi connectivity index (χ0) is 13.1. The molecule has 0 heterocycles. The number of carboxylic acid groups (broad SMARTS) is 1. The van der Waals surface area contributed by atoms with Crippen LogP contribution in [0.25, 0.3) is 0 Å². The molecule has 0 atom stereocenters. The van der Waals surface area contributed by atoms with Gasteiger partial charge in [0.25, 0.3) is 0 Å². The third-order valence-corrected chi connectivity index (χ3v) is 3.34. The van der Waals surface area contributed by atoms with Gasteiger partial charge in [-0.25, -0.2) is 0 Å². The second kappa shape index (κ2) is 5.40. The maximum absolute atomic E-state index is 10.9. The molecule has 4 heteroatoms. The van der Waals surface area contributed by atoms with Crippen molar-refractivity contribution in [2.45, 2.75) is 26.3 Å². The van der Waals surface area contributed by atoms with Crippen molar-refractivity contribution in [3.63, 3.8) is 0 Å². The highest BCUT2D eigenvalue weighted by Gasteiger charge is 2.25. The molecule has 18 heavy (non-hydrogen) atoms. The molecule has 1 saturated carbocycles. The number of aliphatic carboxylic acids is 1. The fourth-order valence-electron chi connectivity index (χ4n) is 2.16. The number of rotatable bonds is 6. The Morgan fingerprint density at radius 2 is 2.17 bits per heavy atom. The van der Waals surface area contributed by atoms with Crippen molar-refractivity contribution in [3.05, 3.63) is 29.3 Å². The fraction of sp³-hybridized carbons (Fsp3) is 0.500. The van der Waals surface area contributed by atoms with E-state index >= 15 is 0 Å². The number of benzene rings is 1. The van der Waals surface area contributed by atoms with Crippen LogP contribution in [0.1, 0.15) is 24.0 Å². The number of aryl methyl sites for hydroxylation is 1. The van der Waals surface area contributed by atoms with Crippen LogP contribution in [0.15, 0.2) is 18.2 Å². The molecule has 98 valence electrons. The Kier molecular flexibility index (Phi) is 3.87. The molecule has 2 N–H and O–H groups in total. The first-order valence-corrected chi connectivity index (χ1v) is 6.28. The summed E-state index contributed by atoms with van der Waals surface area (Å²) in [6.45, 7) is 3.27. The quantitative estimate of drug-likeness (QED) is 0.809. The molecule has 4 nitrogen and oxygen atoms in total. The molecule has 0 saturated heterocycles. The molecule has 1 fully saturated rings. The van der Waals surface area contributed by atoms with Gasteiger partial charge in [0.1, 0.15) is 5.75 Å². The van der Waals surface area contributed by atoms with Crippen LogP contribution < -0.4 is 0 Å². The molecule has 0 aliphatic heterocycles. The van der Waals surface area contributed by atoms with E-state index in [0.717, 1.165) is 17.7 Å². The first kappa shape index (κ1) is 12.9. The zero-order valence-electron chi connectivity index (χ0n) is 10.6. The molecule has 2 rings (SSSR count). The summed E-state index contributed by atoms with van der Waals surface area (Å²) in [6, 6.07) is 5.39. The summed E-state index contributed by atoms with van der Waals surface area (Å²) in [7, 11) is 0. The minimum atomic E-state index is -0.816. The van der Waals surface area contributed by atoms with Gasteiger partial charge in [0, 0.05) is 18.7 Å². The molecular formula is C14H19NO3. The van der Waals surface area contributed by atoms with Crippen molar-refractivity contribution in [2.24, 2.45) is 5.92 Å². The molecular weight excluding hydrogens is 230 g/mol. The van der Waals surface area contributed by atoms with Gasteiger partial charge >= 0.3 is 5.97 Å². The topological polar surface area (TPSA) is 60.8 Å². The summed E-state index contributed by atoms with van der Waals surface area (Å²) in [5.41, 5.74) is 1.83. The van der Waals surface area contributed by atoms with Crippen LogP contribution in [0.2, 0.25) is 0 Å². The number of hydrogen-bond donors (Lipinski definition) is 2. The minimum absolute atomic E-state index is 0.0320. The lowest BCUT2D eigenvalue weighted by Gasteiger charge is -2.21. The summed E-state index contributed by atoms with van der Waals surface area (Å²) >= 11 is 0. The minimum Gasteiger partial charge on any atom is -0.508 e. The maximum atomic E-state index is 10.9. The Morgan fingerprint density at radius 3 is 2.72 bits per heavy atom. The molecule has 1 aromatic carbocycles. The third kappa shape index (κ3) is 3.47. The predicted molar refractivity (Wildman–Crippen MR) is 68.5 cm³/mol. The van der Waals surface area contributed by atoms with Crippen molar-refractivity contribution < 1.29 is 15.0 Å². The van der Waals surface area contributed by atoms with Gasteiger partial charge in [-0.2, -0.15) is 0 Å². The number of carbonyl (C=O) groups is 1. The van der Waals surface area contributed by atoms with Crippen LogP contribution in [0.3, 0.4) is 0 Å². The number of hydrogen-bond acceptors (Lipinski definition) is 3. The first-order chi connectivity index (χ1) is 8.56. The number of phenols is 1. The average Bonchev–Trinajstić information content (AvgIpc) is 3.06. The number of carboxylic acids is 1. The van der Waals surface area contributed by atoms with Crippen LogP contribution >= 0.6 is 0 Å². The molecule has 0 amide bonds. The van der Waals surface area contributed by atoms with E-state index in [1.165, 1.54) is 12.8 Å². The standard InChI is InChI=1S/C14H19NO3/c1-10-3-2-4-13(16)12(10)8-15(9-14(17)18)7-11-5-6-11/h2-4,11,16H,5-9H2,1H3,(H,17,18). The van der Waals surface area contributed by atoms with Gasteiger partial charge in [-0.1, -0.05) is 12.1 Å². The predicted octanol–water partition coefficient (Wildman–Crippen LogP) is 2.00. The SMILES string of the molecule is Cc1cccc(O)c1CN(CC(=O)O)CC1CC1. The first-order valence-electron chi connectivity index (χ1n) is 6.28. The Hall–Kier alpha value is -1.55. The van der Waals surface area contributed by atoms with E-state index < -0.39 is 5.97 Å². The molecule has 0 aromatic heterocycles. The lowest BCUT2D eigenvalue weighted by atomic mass is 10.1. The summed E-state index contributed by atoms with van der Waals surface area (Å²) in [6.07, 6.45) is 2.38. The van der Waals surface area contributed by atoms with Crippen LogP contribution in [-0.2, 0) is 11.3 Å². The highest BCUT2D eigenvalue weighted by molar-refractivity contribution is 5.69. The maximum Gasteiger partial charge on any atom is 0.317 e. The van der Waals surface area contributed by atoms with Crippen LogP contribution in [0, 0.1) is 12.8 Å². The Morgan fingerprint density at radius 1 is 1.44 bits per heavy atom. The molecule has 1 aliphatic rings. The highest BCUT2D eigenvalue weighted by atomic mass is 16.4. The molecule has 1 aliphatic carbocycles. The van der Waals surface area contributed by atoms with E-state index in [1.54, 1.807) is 12.1 Å². The van der Waals surface area contributed by atoms with Crippen molar-refractivity contribution >= 4 is 5.97 Å². The van der Waals surface area contributed by atoms with Gasteiger partial charge in [0.15, 0.2) is 0 Å². The van der Waals surface area contributed by atoms with Gasteiger partial charge in [-0.05, 0) is 37.3 Å². The Balaban J connectivity index is 2.08. The summed E-state index contributed by atoms with van der Waals surface area (Å²) in [5, 5.41) is 18.8. The molecule has 0 radical (unpaired) electrons. The second-order valence-corrected chi connectivity index (χ2v) is 5.08. The summed E-state index contributed by atoms with van der Waals surface area (Å²) in [5.74, 6) is 0.0698. The number of phenolic OH excluding ortho intramolecular Hbond substituents is 1. The summed E-state index contributed by atoms with van der Waals surface area (Å²) in [4.78, 5) is 12.8. The molecule has 0 unspecified atom stereocenters. The number of aromatic hydroxyl groups is 1. The van der Waals surface area contributed by atoms with E-state index in [2.05, 4.69) is 0 Å². The largest absolute Gasteiger partial charge is 0.508 e. The second-order valence-electron chi connectivity index (χ2n) is 5.08. The number of nitrogens with zero attached hydrogens (tertiary/aromatic N) is 1. The normalized spacial score (nSPS) is 15.0. The monoisotopic (exact) mass is 249 g/mol. The van der Waals surface area contributed by atoms with Crippen LogP contribution in [0.4, 0.5) is 0 Å². The Labute approximate surface area is 107 Å². The van der Waals surface area contributed by atoms with Gasteiger partial charge < -0.3 is 10.2 Å². The summed E-state index contributed by atoms with van der Waals surface area (Å²) < 4.78 is 0. The van der Waals surface area contributed by atoms with E-state index in [4.69, 9.17) is 5.11 Å². The van der Waals surface area contributed by atoms with E-state index in [-0.39, 0.29) is 12.3 Å². The lowest BCUT2D eigenvalue weighted by Crippen LogP contribution is -2.31. The Bertz CT molecular complexity index is 420. The average molecular weight is 249 g/mol. The van der Waals surface area contributed by atoms with Gasteiger partial charge in [0.2, 0.25) is 0 Å². The van der Waals surface area contributed by atoms with Crippen molar-refractivity contribution in [1.29, 1.82) is 0 Å². The van der Waals surface area contributed by atoms with E-state index in [9.17, 15) is 9.90 Å². The zero-order valence-corrected chi connectivity index (χ0v) is 10.6. The van der Waals surface area contributed by atoms with E-state index in [1.807, 2.05) is 17.9 Å². The molecule has 1 aromatic rings. The van der Waals surface area contributed by atoms with Crippen LogP contribution in [0.5, 0.6) is 5.75 Å².